The SMILES string of the molecule is COc1ccc(N2C(=O)[C@@H]3[C@@H]4C(=C(N)S[C@H]3C2=O)C(=O)Oc2c(OC)cccc24)cc1OC. The van der Waals surface area contributed by atoms with Crippen molar-refractivity contribution in [1.29, 1.82) is 0 Å². The van der Waals surface area contributed by atoms with Crippen LogP contribution in [-0.4, -0.2) is 44.4 Å². The highest BCUT2D eigenvalue weighted by Crippen LogP contribution is 2.56. The van der Waals surface area contributed by atoms with Crippen molar-refractivity contribution in [3.05, 3.63) is 52.6 Å². The third kappa shape index (κ3) is 2.97. The minimum absolute atomic E-state index is 0.176. The number of esters is 1. The Hall–Kier alpha value is -3.66. The van der Waals surface area contributed by atoms with Gasteiger partial charge in [-0.25, -0.2) is 9.69 Å². The van der Waals surface area contributed by atoms with Gasteiger partial charge in [0.15, 0.2) is 23.0 Å². The standard InChI is InChI=1S/C23H20N2O7S/c1-29-12-8-7-10(9-14(12)31-3)25-21(26)16-15-11-5-4-6-13(30-2)18(11)32-23(28)17(15)20(24)33-19(16)22(25)27/h4-9,15-16,19H,24H2,1-3H3/t15-,16-,19-/m1/s1. The number of hydrogen-bond acceptors (Lipinski definition) is 9. The van der Waals surface area contributed by atoms with Crippen molar-refractivity contribution in [1.82, 2.24) is 0 Å². The summed E-state index contributed by atoms with van der Waals surface area (Å²) >= 11 is 1.02. The molecule has 9 nitrogen and oxygen atoms in total. The number of nitrogens with two attached hydrogens (primary N) is 1. The van der Waals surface area contributed by atoms with E-state index in [0.29, 0.717) is 28.5 Å². The van der Waals surface area contributed by atoms with Crippen molar-refractivity contribution >= 4 is 35.2 Å². The monoisotopic (exact) mass is 468 g/mol. The number of imide groups is 1. The van der Waals surface area contributed by atoms with Crippen LogP contribution in [0.5, 0.6) is 23.0 Å². The highest BCUT2D eigenvalue weighted by molar-refractivity contribution is 8.04. The summed E-state index contributed by atoms with van der Waals surface area (Å²) in [4.78, 5) is 41.2. The molecule has 3 atom stereocenters. The number of carbonyl (C=O) groups is 3. The molecule has 5 rings (SSSR count). The van der Waals surface area contributed by atoms with Gasteiger partial charge < -0.3 is 24.7 Å². The molecule has 10 heteroatoms. The molecule has 2 aromatic rings. The summed E-state index contributed by atoms with van der Waals surface area (Å²) in [7, 11) is 4.43. The summed E-state index contributed by atoms with van der Waals surface area (Å²) in [6.07, 6.45) is 0. The lowest BCUT2D eigenvalue weighted by Crippen LogP contribution is -2.39. The Kier molecular flexibility index (Phi) is 4.97. The van der Waals surface area contributed by atoms with Gasteiger partial charge in [-0.05, 0) is 18.2 Å². The second-order valence-electron chi connectivity index (χ2n) is 7.64. The number of ether oxygens (including phenoxy) is 4. The predicted octanol–water partition coefficient (Wildman–Crippen LogP) is 2.19. The maximum atomic E-state index is 13.7. The molecule has 0 aromatic heterocycles. The van der Waals surface area contributed by atoms with Crippen molar-refractivity contribution in [3.63, 3.8) is 0 Å². The summed E-state index contributed by atoms with van der Waals surface area (Å²) in [5.41, 5.74) is 7.35. The van der Waals surface area contributed by atoms with E-state index in [1.165, 1.54) is 21.3 Å². The van der Waals surface area contributed by atoms with Gasteiger partial charge in [0.05, 0.1) is 43.5 Å². The molecule has 0 spiro atoms. The molecule has 2 aromatic carbocycles. The number of amides is 2. The second-order valence-corrected chi connectivity index (χ2v) is 8.82. The van der Waals surface area contributed by atoms with Gasteiger partial charge in [0.1, 0.15) is 5.25 Å². The van der Waals surface area contributed by atoms with Crippen LogP contribution < -0.4 is 29.6 Å². The van der Waals surface area contributed by atoms with Gasteiger partial charge in [-0.2, -0.15) is 0 Å². The fourth-order valence-corrected chi connectivity index (χ4v) is 5.87. The first kappa shape index (κ1) is 21.2. The lowest BCUT2D eigenvalue weighted by Gasteiger charge is -2.36. The molecular formula is C23H20N2O7S. The minimum Gasteiger partial charge on any atom is -0.493 e. The molecule has 170 valence electrons. The molecule has 3 heterocycles. The molecule has 0 bridgehead atoms. The third-order valence-corrected chi connectivity index (χ3v) is 7.31. The van der Waals surface area contributed by atoms with E-state index in [1.807, 2.05) is 0 Å². The third-order valence-electron chi connectivity index (χ3n) is 6.09. The number of thioether (sulfide) groups is 1. The van der Waals surface area contributed by atoms with Crippen LogP contribution in [0.4, 0.5) is 5.69 Å². The average Bonchev–Trinajstić information content (AvgIpc) is 3.07. The summed E-state index contributed by atoms with van der Waals surface area (Å²) in [5.74, 6) is -1.60. The Labute approximate surface area is 193 Å². The Morgan fingerprint density at radius 1 is 0.939 bits per heavy atom. The number of carbonyl (C=O) groups excluding carboxylic acids is 3. The number of anilines is 1. The molecule has 33 heavy (non-hydrogen) atoms. The molecule has 0 saturated carbocycles. The fraction of sp³-hybridized carbons (Fsp3) is 0.261. The Bertz CT molecular complexity index is 1240. The van der Waals surface area contributed by atoms with Crippen LogP contribution in [0.2, 0.25) is 0 Å². The van der Waals surface area contributed by atoms with Crippen molar-refractivity contribution in [2.45, 2.75) is 11.2 Å². The van der Waals surface area contributed by atoms with E-state index in [4.69, 9.17) is 24.7 Å². The van der Waals surface area contributed by atoms with E-state index in [9.17, 15) is 14.4 Å². The lowest BCUT2D eigenvalue weighted by atomic mass is 9.77. The summed E-state index contributed by atoms with van der Waals surface area (Å²) in [6.45, 7) is 0. The van der Waals surface area contributed by atoms with E-state index in [2.05, 4.69) is 0 Å². The molecule has 0 aliphatic carbocycles. The predicted molar refractivity (Wildman–Crippen MR) is 119 cm³/mol. The number of hydrogen-bond donors (Lipinski definition) is 1. The van der Waals surface area contributed by atoms with Crippen LogP contribution in [0.3, 0.4) is 0 Å². The molecule has 2 N–H and O–H groups in total. The van der Waals surface area contributed by atoms with Crippen molar-refractivity contribution in [2.75, 3.05) is 26.2 Å². The van der Waals surface area contributed by atoms with Crippen LogP contribution in [0.15, 0.2) is 47.0 Å². The van der Waals surface area contributed by atoms with Crippen molar-refractivity contribution in [3.8, 4) is 23.0 Å². The maximum absolute atomic E-state index is 13.7. The zero-order chi connectivity index (χ0) is 23.4. The average molecular weight is 468 g/mol. The van der Waals surface area contributed by atoms with Gasteiger partial charge in [-0.15, -0.1) is 0 Å². The Morgan fingerprint density at radius 2 is 1.67 bits per heavy atom. The first-order valence-corrected chi connectivity index (χ1v) is 10.9. The number of methoxy groups -OCH3 is 3. The largest absolute Gasteiger partial charge is 0.493 e. The Balaban J connectivity index is 1.64. The van der Waals surface area contributed by atoms with E-state index in [-0.39, 0.29) is 16.4 Å². The van der Waals surface area contributed by atoms with Gasteiger partial charge in [0.25, 0.3) is 0 Å². The van der Waals surface area contributed by atoms with Crippen LogP contribution in [0, 0.1) is 5.92 Å². The number of fused-ring (bicyclic) bond motifs is 5. The highest BCUT2D eigenvalue weighted by Gasteiger charge is 2.59. The van der Waals surface area contributed by atoms with Gasteiger partial charge in [0, 0.05) is 17.5 Å². The van der Waals surface area contributed by atoms with Crippen LogP contribution in [0.25, 0.3) is 0 Å². The minimum atomic E-state index is -0.836. The molecule has 0 unspecified atom stereocenters. The van der Waals surface area contributed by atoms with E-state index < -0.39 is 34.9 Å². The second kappa shape index (κ2) is 7.73. The number of rotatable bonds is 4. The van der Waals surface area contributed by atoms with Gasteiger partial charge >= 0.3 is 5.97 Å². The number of benzene rings is 2. The molecule has 2 amide bonds. The molecule has 0 radical (unpaired) electrons. The van der Waals surface area contributed by atoms with E-state index >= 15 is 0 Å². The van der Waals surface area contributed by atoms with Gasteiger partial charge in [0.2, 0.25) is 11.8 Å². The van der Waals surface area contributed by atoms with Crippen LogP contribution in [0.1, 0.15) is 11.5 Å². The van der Waals surface area contributed by atoms with Crippen molar-refractivity contribution in [2.24, 2.45) is 11.7 Å². The summed E-state index contributed by atoms with van der Waals surface area (Å²) < 4.78 is 21.5. The topological polar surface area (TPSA) is 117 Å². The summed E-state index contributed by atoms with van der Waals surface area (Å²) in [6, 6.07) is 9.97. The first-order valence-electron chi connectivity index (χ1n) is 10.1. The zero-order valence-electron chi connectivity index (χ0n) is 18.0. The quantitative estimate of drug-likeness (QED) is 0.409. The molecule has 3 aliphatic heterocycles. The Morgan fingerprint density at radius 3 is 2.36 bits per heavy atom. The summed E-state index contributed by atoms with van der Waals surface area (Å²) in [5, 5.41) is -0.612. The number of nitrogens with zero attached hydrogens (tertiary/aromatic N) is 1. The molecule has 1 saturated heterocycles. The molecular weight excluding hydrogens is 448 g/mol. The molecule has 3 aliphatic rings. The van der Waals surface area contributed by atoms with Gasteiger partial charge in [-0.1, -0.05) is 23.9 Å². The van der Waals surface area contributed by atoms with Gasteiger partial charge in [-0.3, -0.25) is 9.59 Å². The zero-order valence-corrected chi connectivity index (χ0v) is 18.8. The first-order chi connectivity index (χ1) is 15.9. The number of para-hydroxylation sites is 1. The lowest BCUT2D eigenvalue weighted by molar-refractivity contribution is -0.132. The molecule has 1 fully saturated rings. The van der Waals surface area contributed by atoms with Crippen LogP contribution >= 0.6 is 11.8 Å². The van der Waals surface area contributed by atoms with Crippen LogP contribution in [-0.2, 0) is 14.4 Å². The normalized spacial score (nSPS) is 23.5. The van der Waals surface area contributed by atoms with E-state index in [0.717, 1.165) is 16.7 Å². The van der Waals surface area contributed by atoms with Crippen molar-refractivity contribution < 1.29 is 33.3 Å². The van der Waals surface area contributed by atoms with E-state index in [1.54, 1.807) is 36.4 Å². The highest BCUT2D eigenvalue weighted by atomic mass is 32.2. The fourth-order valence-electron chi connectivity index (χ4n) is 4.63. The smallest absolute Gasteiger partial charge is 0.342 e. The maximum Gasteiger partial charge on any atom is 0.342 e.